The van der Waals surface area contributed by atoms with Crippen LogP contribution in [0.1, 0.15) is 24.2 Å². The molecule has 128 valence electrons. The summed E-state index contributed by atoms with van der Waals surface area (Å²) in [5, 5.41) is 10.7. The van der Waals surface area contributed by atoms with Crippen molar-refractivity contribution in [2.75, 3.05) is 5.32 Å². The summed E-state index contributed by atoms with van der Waals surface area (Å²) >= 11 is -4.76. The van der Waals surface area contributed by atoms with Gasteiger partial charge in [-0.05, 0) is 6.92 Å². The minimum atomic E-state index is -4.76. The van der Waals surface area contributed by atoms with E-state index in [0.29, 0.717) is 5.69 Å². The normalized spacial score (nSPS) is 12.3. The molecule has 0 heterocycles. The number of ketones is 1. The first-order valence-electron chi connectivity index (χ1n) is 6.86. The molecule has 0 aliphatic heterocycles. The van der Waals surface area contributed by atoms with Gasteiger partial charge >= 0.3 is 88.4 Å². The van der Waals surface area contributed by atoms with E-state index >= 15 is 0 Å². The van der Waals surface area contributed by atoms with Gasteiger partial charge in [0.1, 0.15) is 0 Å². The number of nitrogens with one attached hydrogen (secondary N) is 1. The molecule has 2 aromatic carbocycles. The molecule has 0 spiro atoms. The van der Waals surface area contributed by atoms with Gasteiger partial charge in [-0.3, -0.25) is 4.79 Å². The number of Topliss-reactive ketones (excluding diaryl/α,β-unsaturated/α-hetero) is 1. The summed E-state index contributed by atoms with van der Waals surface area (Å²) in [5.41, 5.74) is 1.28. The van der Waals surface area contributed by atoms with Crippen LogP contribution in [0.15, 0.2) is 54.6 Å². The number of carbonyl (C=O) groups excluding carboxylic acids is 2. The van der Waals surface area contributed by atoms with E-state index in [-0.39, 0.29) is 16.0 Å². The second-order valence-corrected chi connectivity index (χ2v) is 8.36. The first kappa shape index (κ1) is 19.9. The molecule has 2 rings (SSSR count). The van der Waals surface area contributed by atoms with E-state index in [1.54, 1.807) is 6.92 Å². The number of rotatable bonds is 4. The van der Waals surface area contributed by atoms with E-state index in [2.05, 4.69) is 9.19 Å². The largest absolute Gasteiger partial charge is 0.295 e. The second-order valence-electron chi connectivity index (χ2n) is 4.75. The summed E-state index contributed by atoms with van der Waals surface area (Å²) in [6.45, 7) is 2.92. The third kappa shape index (κ3) is 6.52. The smallest absolute Gasteiger partial charge is 0.159 e. The summed E-state index contributed by atoms with van der Waals surface area (Å²) < 4.78 is 23.8. The van der Waals surface area contributed by atoms with Crippen LogP contribution in [0, 0.1) is 0 Å². The predicted molar refractivity (Wildman–Crippen MR) is 89.2 cm³/mol. The zero-order valence-electron chi connectivity index (χ0n) is 13.2. The molecule has 0 fully saturated rings. The van der Waals surface area contributed by atoms with E-state index in [0.717, 1.165) is 5.56 Å². The van der Waals surface area contributed by atoms with Gasteiger partial charge in [0.25, 0.3) is 0 Å². The molecule has 0 radical (unpaired) electrons. The summed E-state index contributed by atoms with van der Waals surface area (Å²) in [4.78, 5) is 21.3. The van der Waals surface area contributed by atoms with Crippen LogP contribution < -0.4 is 9.67 Å². The van der Waals surface area contributed by atoms with Gasteiger partial charge in [0.2, 0.25) is 0 Å². The average Bonchev–Trinajstić information content (AvgIpc) is 2.56. The van der Waals surface area contributed by atoms with Crippen LogP contribution in [-0.2, 0) is 12.4 Å². The van der Waals surface area contributed by atoms with E-state index in [4.69, 9.17) is 9.35 Å². The van der Waals surface area contributed by atoms with Crippen molar-refractivity contribution in [2.24, 2.45) is 0 Å². The van der Waals surface area contributed by atoms with Crippen LogP contribution in [-0.4, -0.2) is 35.2 Å². The van der Waals surface area contributed by atoms with Gasteiger partial charge in [0.05, 0.1) is 0 Å². The van der Waals surface area contributed by atoms with E-state index in [9.17, 15) is 13.3 Å². The molecule has 0 saturated carbocycles. The van der Waals surface area contributed by atoms with Crippen LogP contribution in [0.25, 0.3) is 0 Å². The van der Waals surface area contributed by atoms with Crippen molar-refractivity contribution in [3.05, 3.63) is 60.2 Å². The molecular formula is C16H18AsNO6. The summed E-state index contributed by atoms with van der Waals surface area (Å²) in [6, 6.07) is 14.7. The molecule has 0 aromatic heterocycles. The van der Waals surface area contributed by atoms with Crippen molar-refractivity contribution in [1.29, 1.82) is 0 Å². The Labute approximate surface area is 142 Å². The van der Waals surface area contributed by atoms with Crippen LogP contribution >= 0.6 is 0 Å². The first-order chi connectivity index (χ1) is 11.3. The minimum Gasteiger partial charge on any atom is -0.295 e. The fourth-order valence-corrected chi connectivity index (χ4v) is 2.96. The zero-order chi connectivity index (χ0) is 18.2. The van der Waals surface area contributed by atoms with Gasteiger partial charge in [0.15, 0.2) is 5.78 Å². The molecule has 1 amide bonds. The van der Waals surface area contributed by atoms with Crippen molar-refractivity contribution in [1.82, 2.24) is 0 Å². The number of hydrogen-bond donors (Lipinski definition) is 3. The molecule has 8 heteroatoms. The number of amides is 1. The van der Waals surface area contributed by atoms with Gasteiger partial charge in [-0.25, -0.2) is 0 Å². The molecule has 0 aliphatic carbocycles. The molecular weight excluding hydrogens is 377 g/mol. The van der Waals surface area contributed by atoms with Gasteiger partial charge < -0.3 is 0 Å². The Bertz CT molecular complexity index is 730. The average molecular weight is 395 g/mol. The van der Waals surface area contributed by atoms with Crippen molar-refractivity contribution >= 4 is 35.9 Å². The van der Waals surface area contributed by atoms with E-state index in [1.807, 2.05) is 30.3 Å². The summed E-state index contributed by atoms with van der Waals surface area (Å²) in [5.74, 6) is -0.116. The number of anilines is 1. The molecule has 0 bridgehead atoms. The zero-order valence-corrected chi connectivity index (χ0v) is 15.0. The fraction of sp³-hybridized carbons (Fsp3) is 0.125. The minimum absolute atomic E-state index is 0.00438. The maximum Gasteiger partial charge on any atom is 0.159 e. The number of benzene rings is 2. The SMILES string of the molecule is CC(=O)Nc1ccc([As](=O)(O)OO)cc1.CC(=O)c1ccccc1. The Morgan fingerprint density at radius 1 is 1.00 bits per heavy atom. The third-order valence-corrected chi connectivity index (χ3v) is 5.26. The summed E-state index contributed by atoms with van der Waals surface area (Å²) in [6.07, 6.45) is 0. The van der Waals surface area contributed by atoms with Crippen LogP contribution in [0.3, 0.4) is 0 Å². The number of hydrogen-bond acceptors (Lipinski definition) is 5. The summed E-state index contributed by atoms with van der Waals surface area (Å²) in [7, 11) is 0. The van der Waals surface area contributed by atoms with Gasteiger partial charge in [0, 0.05) is 5.56 Å². The Morgan fingerprint density at radius 2 is 1.54 bits per heavy atom. The fourth-order valence-electron chi connectivity index (χ4n) is 1.66. The van der Waals surface area contributed by atoms with E-state index in [1.165, 1.54) is 31.2 Å². The Balaban J connectivity index is 0.000000272. The molecule has 7 nitrogen and oxygen atoms in total. The number of carbonyl (C=O) groups is 2. The van der Waals surface area contributed by atoms with Crippen molar-refractivity contribution in [3.8, 4) is 0 Å². The Morgan fingerprint density at radius 3 is 1.92 bits per heavy atom. The predicted octanol–water partition coefficient (Wildman–Crippen LogP) is 1.59. The van der Waals surface area contributed by atoms with Crippen molar-refractivity contribution in [3.63, 3.8) is 0 Å². The first-order valence-corrected chi connectivity index (χ1v) is 10.2. The van der Waals surface area contributed by atoms with Gasteiger partial charge in [-0.15, -0.1) is 0 Å². The molecule has 3 N–H and O–H groups in total. The van der Waals surface area contributed by atoms with Gasteiger partial charge in [-0.2, -0.15) is 0 Å². The van der Waals surface area contributed by atoms with E-state index < -0.39 is 14.2 Å². The van der Waals surface area contributed by atoms with Crippen molar-refractivity contribution in [2.45, 2.75) is 13.8 Å². The maximum absolute atomic E-state index is 11.2. The van der Waals surface area contributed by atoms with Crippen LogP contribution in [0.2, 0.25) is 0 Å². The monoisotopic (exact) mass is 395 g/mol. The molecule has 1 atom stereocenters. The molecule has 24 heavy (non-hydrogen) atoms. The molecule has 2 aromatic rings. The van der Waals surface area contributed by atoms with Crippen LogP contribution in [0.5, 0.6) is 0 Å². The molecule has 0 saturated heterocycles. The molecule has 1 unspecified atom stereocenters. The Kier molecular flexibility index (Phi) is 7.61. The standard InChI is InChI=1S/C8H10AsNO5.C8H8O/c1-6(11)10-8-4-2-7(3-5-8)9(12,13)15-14;1-7(9)8-5-3-2-4-6-8/h2-5,14H,1H3,(H,10,11)(H,12,13);2-6H,1H3. The molecule has 0 aliphatic rings. The topological polar surface area (TPSA) is 113 Å². The quantitative estimate of drug-likeness (QED) is 0.314. The maximum atomic E-state index is 11.2. The van der Waals surface area contributed by atoms with Crippen LogP contribution in [0.4, 0.5) is 5.69 Å². The van der Waals surface area contributed by atoms with Crippen molar-refractivity contribution < 1.29 is 26.6 Å². The Hall–Kier alpha value is -2.18. The van der Waals surface area contributed by atoms with Gasteiger partial charge in [-0.1, -0.05) is 30.3 Å². The second kappa shape index (κ2) is 9.20. The third-order valence-electron chi connectivity index (χ3n) is 2.80.